The highest BCUT2D eigenvalue weighted by Crippen LogP contribution is 2.23. The van der Waals surface area contributed by atoms with Crippen molar-refractivity contribution >= 4 is 46.5 Å². The van der Waals surface area contributed by atoms with Crippen LogP contribution in [0, 0.1) is 10.5 Å². The number of carbonyl (C=O) groups is 2. The monoisotopic (exact) mass is 475 g/mol. The molecule has 1 aliphatic rings. The highest BCUT2D eigenvalue weighted by Gasteiger charge is 2.24. The molecule has 3 rings (SSSR count). The molecule has 6 heteroatoms. The summed E-state index contributed by atoms with van der Waals surface area (Å²) >= 11 is 2.25. The number of rotatable bonds is 5. The predicted molar refractivity (Wildman–Crippen MR) is 111 cm³/mol. The third kappa shape index (κ3) is 4.82. The van der Waals surface area contributed by atoms with E-state index in [1.165, 1.54) is 0 Å². The van der Waals surface area contributed by atoms with Gasteiger partial charge in [0, 0.05) is 15.6 Å². The lowest BCUT2D eigenvalue weighted by molar-refractivity contribution is -0.134. The smallest absolute Gasteiger partial charge is 0.363 e. The van der Waals surface area contributed by atoms with E-state index in [9.17, 15) is 9.59 Å². The Hall–Kier alpha value is -2.48. The average Bonchev–Trinajstić information content (AvgIpc) is 2.98. The van der Waals surface area contributed by atoms with Crippen LogP contribution < -0.4 is 4.74 Å². The Kier molecular flexibility index (Phi) is 6.05. The average molecular weight is 475 g/mol. The quantitative estimate of drug-likeness (QED) is 0.274. The maximum atomic E-state index is 12.2. The lowest BCUT2D eigenvalue weighted by Crippen LogP contribution is -2.06. The number of aryl methyl sites for hydroxylation is 1. The number of halogens is 1. The van der Waals surface area contributed by atoms with Crippen molar-refractivity contribution in [3.63, 3.8) is 0 Å². The molecule has 1 heterocycles. The van der Waals surface area contributed by atoms with E-state index in [-0.39, 0.29) is 17.6 Å². The lowest BCUT2D eigenvalue weighted by atomic mass is 10.1. The van der Waals surface area contributed by atoms with Gasteiger partial charge in [0.25, 0.3) is 0 Å². The molecule has 0 fully saturated rings. The van der Waals surface area contributed by atoms with Gasteiger partial charge in [-0.3, -0.25) is 4.79 Å². The first-order valence-corrected chi connectivity index (χ1v) is 9.64. The molecule has 1 aliphatic heterocycles. The highest BCUT2D eigenvalue weighted by molar-refractivity contribution is 14.1. The number of hydrogen-bond acceptors (Lipinski definition) is 5. The van der Waals surface area contributed by atoms with Gasteiger partial charge in [0.2, 0.25) is 5.90 Å². The summed E-state index contributed by atoms with van der Waals surface area (Å²) in [4.78, 5) is 28.1. The molecule has 0 bridgehead atoms. The van der Waals surface area contributed by atoms with E-state index in [1.807, 2.05) is 32.0 Å². The number of nitrogens with zero attached hydrogens (tertiary/aromatic N) is 1. The van der Waals surface area contributed by atoms with Crippen LogP contribution >= 0.6 is 22.6 Å². The fourth-order valence-corrected chi connectivity index (χ4v) is 2.86. The van der Waals surface area contributed by atoms with Gasteiger partial charge in [0.1, 0.15) is 5.75 Å². The highest BCUT2D eigenvalue weighted by atomic mass is 127. The molecule has 0 saturated carbocycles. The molecule has 0 saturated heterocycles. The summed E-state index contributed by atoms with van der Waals surface area (Å²) in [6.45, 7) is 3.91. The molecule has 138 valence electrons. The number of hydrogen-bond donors (Lipinski definition) is 0. The first kappa shape index (κ1) is 19.3. The fourth-order valence-electron chi connectivity index (χ4n) is 2.52. The van der Waals surface area contributed by atoms with Crippen molar-refractivity contribution in [2.24, 2.45) is 4.99 Å². The maximum Gasteiger partial charge on any atom is 0.363 e. The minimum Gasteiger partial charge on any atom is -0.427 e. The Balaban J connectivity index is 1.84. The van der Waals surface area contributed by atoms with Crippen LogP contribution in [0.4, 0.5) is 0 Å². The Morgan fingerprint density at radius 2 is 2.07 bits per heavy atom. The molecule has 0 atom stereocenters. The van der Waals surface area contributed by atoms with Gasteiger partial charge in [0.15, 0.2) is 5.70 Å². The number of ether oxygens (including phenoxy) is 2. The summed E-state index contributed by atoms with van der Waals surface area (Å²) in [5, 5.41) is 0. The van der Waals surface area contributed by atoms with Crippen molar-refractivity contribution in [3.05, 3.63) is 68.4 Å². The van der Waals surface area contributed by atoms with Gasteiger partial charge in [-0.2, -0.15) is 0 Å². The number of aliphatic imine (C=N–C) groups is 1. The Bertz CT molecular complexity index is 962. The molecule has 27 heavy (non-hydrogen) atoms. The standard InChI is InChI=1S/C21H18INO4/c1-3-5-19(24)26-16-7-4-6-14(11-16)12-18-21(25)27-20(23-18)15-8-9-17(22)13(2)10-15/h4,6-12H,3,5H2,1-2H3/b18-12-. The zero-order chi connectivity index (χ0) is 19.4. The largest absolute Gasteiger partial charge is 0.427 e. The molecule has 0 aromatic heterocycles. The van der Waals surface area contributed by atoms with E-state index in [2.05, 4.69) is 27.6 Å². The Morgan fingerprint density at radius 3 is 2.81 bits per heavy atom. The van der Waals surface area contributed by atoms with Crippen molar-refractivity contribution in [1.82, 2.24) is 0 Å². The SMILES string of the molecule is CCCC(=O)Oc1cccc(/C=C2\N=C(c3ccc(I)c(C)c3)OC2=O)c1. The van der Waals surface area contributed by atoms with Gasteiger partial charge < -0.3 is 9.47 Å². The van der Waals surface area contributed by atoms with Gasteiger partial charge in [-0.1, -0.05) is 19.1 Å². The van der Waals surface area contributed by atoms with Crippen molar-refractivity contribution in [1.29, 1.82) is 0 Å². The van der Waals surface area contributed by atoms with Crippen molar-refractivity contribution in [2.75, 3.05) is 0 Å². The molecule has 5 nitrogen and oxygen atoms in total. The minimum atomic E-state index is -0.505. The van der Waals surface area contributed by atoms with Gasteiger partial charge in [-0.15, -0.1) is 0 Å². The molecular weight excluding hydrogens is 457 g/mol. The molecule has 0 amide bonds. The van der Waals surface area contributed by atoms with E-state index in [4.69, 9.17) is 9.47 Å². The topological polar surface area (TPSA) is 65.0 Å². The summed E-state index contributed by atoms with van der Waals surface area (Å²) in [7, 11) is 0. The molecule has 2 aromatic carbocycles. The van der Waals surface area contributed by atoms with E-state index in [1.54, 1.807) is 30.3 Å². The zero-order valence-electron chi connectivity index (χ0n) is 15.0. The van der Waals surface area contributed by atoms with Crippen molar-refractivity contribution < 1.29 is 19.1 Å². The molecule has 0 spiro atoms. The van der Waals surface area contributed by atoms with Crippen LogP contribution in [-0.4, -0.2) is 17.8 Å². The number of carbonyl (C=O) groups excluding carboxylic acids is 2. The molecule has 0 aliphatic carbocycles. The maximum absolute atomic E-state index is 12.2. The fraction of sp³-hybridized carbons (Fsp3) is 0.190. The van der Waals surface area contributed by atoms with Gasteiger partial charge >= 0.3 is 11.9 Å². The zero-order valence-corrected chi connectivity index (χ0v) is 17.1. The van der Waals surface area contributed by atoms with Crippen LogP contribution in [0.25, 0.3) is 6.08 Å². The van der Waals surface area contributed by atoms with Crippen LogP contribution in [0.5, 0.6) is 5.75 Å². The summed E-state index contributed by atoms with van der Waals surface area (Å²) in [5.74, 6) is -0.0607. The summed E-state index contributed by atoms with van der Waals surface area (Å²) in [5.41, 5.74) is 2.75. The van der Waals surface area contributed by atoms with Crippen LogP contribution in [-0.2, 0) is 14.3 Å². The first-order chi connectivity index (χ1) is 13.0. The predicted octanol–water partition coefficient (Wildman–Crippen LogP) is 4.65. The van der Waals surface area contributed by atoms with Gasteiger partial charge in [-0.05, 0) is 83.5 Å². The second-order valence-electron chi connectivity index (χ2n) is 6.10. The number of benzene rings is 2. The lowest BCUT2D eigenvalue weighted by Gasteiger charge is -2.04. The van der Waals surface area contributed by atoms with Crippen LogP contribution in [0.1, 0.15) is 36.5 Å². The Labute approximate surface area is 171 Å². The van der Waals surface area contributed by atoms with Crippen LogP contribution in [0.2, 0.25) is 0 Å². The third-order valence-electron chi connectivity index (χ3n) is 3.87. The van der Waals surface area contributed by atoms with E-state index >= 15 is 0 Å². The van der Waals surface area contributed by atoms with E-state index in [0.717, 1.165) is 21.1 Å². The molecule has 0 N–H and O–H groups in total. The first-order valence-electron chi connectivity index (χ1n) is 8.56. The number of esters is 2. The van der Waals surface area contributed by atoms with E-state index in [0.29, 0.717) is 17.7 Å². The number of cyclic esters (lactones) is 1. The summed E-state index contributed by atoms with van der Waals surface area (Å²) in [6, 6.07) is 12.7. The van der Waals surface area contributed by atoms with Crippen molar-refractivity contribution in [3.8, 4) is 5.75 Å². The summed E-state index contributed by atoms with van der Waals surface area (Å²) < 4.78 is 11.7. The summed E-state index contributed by atoms with van der Waals surface area (Å²) in [6.07, 6.45) is 2.71. The third-order valence-corrected chi connectivity index (χ3v) is 5.08. The van der Waals surface area contributed by atoms with Crippen molar-refractivity contribution in [2.45, 2.75) is 26.7 Å². The Morgan fingerprint density at radius 1 is 1.26 bits per heavy atom. The minimum absolute atomic E-state index is 0.207. The molecular formula is C21H18INO4. The molecule has 0 radical (unpaired) electrons. The molecule has 2 aromatic rings. The second kappa shape index (κ2) is 8.47. The van der Waals surface area contributed by atoms with E-state index < -0.39 is 5.97 Å². The van der Waals surface area contributed by atoms with Crippen LogP contribution in [0.3, 0.4) is 0 Å². The van der Waals surface area contributed by atoms with Gasteiger partial charge in [-0.25, -0.2) is 9.79 Å². The van der Waals surface area contributed by atoms with Gasteiger partial charge in [0.05, 0.1) is 0 Å². The normalized spacial score (nSPS) is 14.9. The second-order valence-corrected chi connectivity index (χ2v) is 7.26. The van der Waals surface area contributed by atoms with Crippen LogP contribution in [0.15, 0.2) is 53.2 Å². The molecule has 0 unspecified atom stereocenters.